The number of rotatable bonds is 6. The van der Waals surface area contributed by atoms with Gasteiger partial charge in [-0.2, -0.15) is 0 Å². The van der Waals surface area contributed by atoms with Crippen molar-refractivity contribution in [3.8, 4) is 22.4 Å². The molecule has 0 saturated heterocycles. The van der Waals surface area contributed by atoms with Gasteiger partial charge in [0.2, 0.25) is 0 Å². The number of aromatic nitrogens is 1. The van der Waals surface area contributed by atoms with E-state index in [4.69, 9.17) is 5.11 Å². The molecule has 0 atom stereocenters. The molecule has 0 spiro atoms. The highest BCUT2D eigenvalue weighted by Crippen LogP contribution is 2.32. The van der Waals surface area contributed by atoms with Crippen molar-refractivity contribution in [3.05, 3.63) is 71.9 Å². The van der Waals surface area contributed by atoms with Gasteiger partial charge in [-0.15, -0.1) is 0 Å². The summed E-state index contributed by atoms with van der Waals surface area (Å²) in [5.41, 5.74) is 6.22. The summed E-state index contributed by atoms with van der Waals surface area (Å²) in [6, 6.07) is 19.0. The number of hydrogen-bond acceptors (Lipinski definition) is 4. The van der Waals surface area contributed by atoms with Gasteiger partial charge in [-0.25, -0.2) is 8.42 Å². The molecule has 0 radical (unpaired) electrons. The second-order valence-electron chi connectivity index (χ2n) is 6.42. The van der Waals surface area contributed by atoms with Gasteiger partial charge in [-0.1, -0.05) is 43.3 Å². The van der Waals surface area contributed by atoms with Crippen LogP contribution in [-0.2, 0) is 16.3 Å². The van der Waals surface area contributed by atoms with Crippen molar-refractivity contribution in [2.45, 2.75) is 25.2 Å². The summed E-state index contributed by atoms with van der Waals surface area (Å²) in [5, 5.41) is 8.94. The van der Waals surface area contributed by atoms with Crippen LogP contribution in [0.25, 0.3) is 22.4 Å². The molecule has 27 heavy (non-hydrogen) atoms. The van der Waals surface area contributed by atoms with Gasteiger partial charge in [-0.3, -0.25) is 4.98 Å². The lowest BCUT2D eigenvalue weighted by Crippen LogP contribution is -2.09. The zero-order valence-electron chi connectivity index (χ0n) is 15.5. The van der Waals surface area contributed by atoms with Gasteiger partial charge in [-0.05, 0) is 54.3 Å². The van der Waals surface area contributed by atoms with Gasteiger partial charge in [0, 0.05) is 11.3 Å². The average molecular weight is 381 g/mol. The van der Waals surface area contributed by atoms with Crippen LogP contribution in [0.3, 0.4) is 0 Å². The molecule has 4 nitrogen and oxygen atoms in total. The van der Waals surface area contributed by atoms with Gasteiger partial charge >= 0.3 is 0 Å². The Morgan fingerprint density at radius 3 is 2.22 bits per heavy atom. The van der Waals surface area contributed by atoms with E-state index in [1.807, 2.05) is 43.3 Å². The van der Waals surface area contributed by atoms with E-state index in [2.05, 4.69) is 24.0 Å². The monoisotopic (exact) mass is 381 g/mol. The lowest BCUT2D eigenvalue weighted by Gasteiger charge is -2.14. The minimum Gasteiger partial charge on any atom is -0.395 e. The topological polar surface area (TPSA) is 67.3 Å². The minimum atomic E-state index is -3.44. The lowest BCUT2D eigenvalue weighted by molar-refractivity contribution is 0.319. The zero-order chi connectivity index (χ0) is 19.4. The first-order valence-electron chi connectivity index (χ1n) is 8.96. The Labute approximate surface area is 160 Å². The normalized spacial score (nSPS) is 11.5. The highest BCUT2D eigenvalue weighted by atomic mass is 32.2. The number of aryl methyl sites for hydroxylation is 1. The van der Waals surface area contributed by atoms with E-state index in [1.54, 1.807) is 12.1 Å². The molecule has 3 aromatic rings. The summed E-state index contributed by atoms with van der Waals surface area (Å²) in [5.74, 6) is -0.263. The molecular weight excluding hydrogens is 358 g/mol. The van der Waals surface area contributed by atoms with Gasteiger partial charge in [0.05, 0.1) is 22.9 Å². The van der Waals surface area contributed by atoms with Crippen LogP contribution in [-0.4, -0.2) is 30.9 Å². The Morgan fingerprint density at radius 1 is 0.926 bits per heavy atom. The molecule has 3 rings (SSSR count). The number of nitrogens with zero attached hydrogens (tertiary/aromatic N) is 1. The Kier molecular flexibility index (Phi) is 5.73. The van der Waals surface area contributed by atoms with E-state index < -0.39 is 9.84 Å². The standard InChI is InChI=1S/C22H23NO3S/c1-3-19-20(7-5-8-21(19)22-9-4-6-16(2)23-22)17-10-12-18(13-11-17)27(25,26)15-14-24/h4-13,24H,3,14-15H2,1-2H3. The van der Waals surface area contributed by atoms with E-state index in [0.29, 0.717) is 0 Å². The highest BCUT2D eigenvalue weighted by molar-refractivity contribution is 7.91. The molecule has 140 valence electrons. The van der Waals surface area contributed by atoms with Crippen LogP contribution in [0.1, 0.15) is 18.2 Å². The molecule has 2 aromatic carbocycles. The van der Waals surface area contributed by atoms with E-state index in [0.717, 1.165) is 34.5 Å². The summed E-state index contributed by atoms with van der Waals surface area (Å²) in [4.78, 5) is 4.88. The average Bonchev–Trinajstić information content (AvgIpc) is 2.67. The molecule has 0 unspecified atom stereocenters. The summed E-state index contributed by atoms with van der Waals surface area (Å²) in [7, 11) is -3.44. The maximum Gasteiger partial charge on any atom is 0.180 e. The van der Waals surface area contributed by atoms with E-state index >= 15 is 0 Å². The van der Waals surface area contributed by atoms with Crippen LogP contribution < -0.4 is 0 Å². The van der Waals surface area contributed by atoms with Crippen molar-refractivity contribution in [2.75, 3.05) is 12.4 Å². The Balaban J connectivity index is 2.06. The Hall–Kier alpha value is -2.50. The number of hydrogen-bond donors (Lipinski definition) is 1. The number of aliphatic hydroxyl groups excluding tert-OH is 1. The number of benzene rings is 2. The van der Waals surface area contributed by atoms with Crippen LogP contribution in [0.15, 0.2) is 65.6 Å². The fourth-order valence-corrected chi connectivity index (χ4v) is 4.28. The molecule has 0 amide bonds. The third kappa shape index (κ3) is 4.10. The van der Waals surface area contributed by atoms with Crippen molar-refractivity contribution in [1.82, 2.24) is 4.98 Å². The van der Waals surface area contributed by atoms with E-state index in [-0.39, 0.29) is 17.3 Å². The Morgan fingerprint density at radius 2 is 1.59 bits per heavy atom. The number of aliphatic hydroxyl groups is 1. The molecule has 0 aliphatic rings. The molecule has 0 fully saturated rings. The molecule has 0 aliphatic heterocycles. The maximum atomic E-state index is 12.1. The van der Waals surface area contributed by atoms with Crippen molar-refractivity contribution in [2.24, 2.45) is 0 Å². The van der Waals surface area contributed by atoms with Crippen LogP contribution in [0.4, 0.5) is 0 Å². The molecule has 0 saturated carbocycles. The largest absolute Gasteiger partial charge is 0.395 e. The number of sulfone groups is 1. The summed E-state index contributed by atoms with van der Waals surface area (Å²) in [6.45, 7) is 3.71. The van der Waals surface area contributed by atoms with Crippen LogP contribution >= 0.6 is 0 Å². The van der Waals surface area contributed by atoms with Crippen LogP contribution in [0.2, 0.25) is 0 Å². The van der Waals surface area contributed by atoms with Crippen molar-refractivity contribution >= 4 is 9.84 Å². The van der Waals surface area contributed by atoms with Crippen molar-refractivity contribution in [1.29, 1.82) is 0 Å². The second kappa shape index (κ2) is 8.03. The van der Waals surface area contributed by atoms with Gasteiger partial charge in [0.25, 0.3) is 0 Å². The Bertz CT molecular complexity index is 1040. The van der Waals surface area contributed by atoms with Crippen LogP contribution in [0.5, 0.6) is 0 Å². The predicted molar refractivity (Wildman–Crippen MR) is 108 cm³/mol. The first kappa shape index (κ1) is 19.3. The van der Waals surface area contributed by atoms with Gasteiger partial charge in [0.1, 0.15) is 0 Å². The molecule has 1 heterocycles. The lowest BCUT2D eigenvalue weighted by atomic mass is 9.92. The van der Waals surface area contributed by atoms with Crippen molar-refractivity contribution < 1.29 is 13.5 Å². The molecule has 0 aliphatic carbocycles. The van der Waals surface area contributed by atoms with E-state index in [1.165, 1.54) is 5.56 Å². The summed E-state index contributed by atoms with van der Waals surface area (Å²) in [6.07, 6.45) is 0.839. The SMILES string of the molecule is CCc1c(-c2ccc(S(=O)(=O)CCO)cc2)cccc1-c1cccc(C)n1. The third-order valence-electron chi connectivity index (χ3n) is 4.58. The molecule has 5 heteroatoms. The van der Waals surface area contributed by atoms with Crippen molar-refractivity contribution in [3.63, 3.8) is 0 Å². The first-order chi connectivity index (χ1) is 13.0. The predicted octanol–water partition coefficient (Wildman–Crippen LogP) is 4.05. The fourth-order valence-electron chi connectivity index (χ4n) is 3.25. The van der Waals surface area contributed by atoms with Crippen LogP contribution in [0, 0.1) is 6.92 Å². The highest BCUT2D eigenvalue weighted by Gasteiger charge is 2.15. The van der Waals surface area contributed by atoms with Gasteiger partial charge < -0.3 is 5.11 Å². The molecule has 1 N–H and O–H groups in total. The summed E-state index contributed by atoms with van der Waals surface area (Å²) >= 11 is 0. The zero-order valence-corrected chi connectivity index (χ0v) is 16.3. The fraction of sp³-hybridized carbons (Fsp3) is 0.227. The van der Waals surface area contributed by atoms with Gasteiger partial charge in [0.15, 0.2) is 9.84 Å². The smallest absolute Gasteiger partial charge is 0.180 e. The molecule has 0 bridgehead atoms. The quantitative estimate of drug-likeness (QED) is 0.699. The molecule has 1 aromatic heterocycles. The third-order valence-corrected chi connectivity index (χ3v) is 6.29. The molecular formula is C22H23NO3S. The first-order valence-corrected chi connectivity index (χ1v) is 10.6. The summed E-state index contributed by atoms with van der Waals surface area (Å²) < 4.78 is 24.2. The second-order valence-corrected chi connectivity index (χ2v) is 8.53. The number of pyridine rings is 1. The van der Waals surface area contributed by atoms with E-state index in [9.17, 15) is 8.42 Å². The minimum absolute atomic E-state index is 0.231. The maximum absolute atomic E-state index is 12.1.